The Morgan fingerprint density at radius 2 is 2.10 bits per heavy atom. The molecule has 0 radical (unpaired) electrons. The highest BCUT2D eigenvalue weighted by atomic mass is 16.1. The zero-order chi connectivity index (χ0) is 14.5. The van der Waals surface area contributed by atoms with Gasteiger partial charge in [-0.15, -0.1) is 0 Å². The molecule has 0 atom stereocenters. The summed E-state index contributed by atoms with van der Waals surface area (Å²) >= 11 is 0. The number of hydrogen-bond acceptors (Lipinski definition) is 4. The van der Waals surface area contributed by atoms with Crippen molar-refractivity contribution in [3.05, 3.63) is 48.2 Å². The average molecular weight is 270 g/mol. The Balaban J connectivity index is 1.97. The van der Waals surface area contributed by atoms with Crippen molar-refractivity contribution in [2.75, 3.05) is 30.0 Å². The maximum Gasteiger partial charge on any atom is 0.228 e. The topological polar surface area (TPSA) is 71.2 Å². The van der Waals surface area contributed by atoms with E-state index in [9.17, 15) is 4.79 Å². The molecule has 1 amide bonds. The number of rotatable bonds is 4. The van der Waals surface area contributed by atoms with Crippen molar-refractivity contribution in [3.63, 3.8) is 0 Å². The zero-order valence-corrected chi connectivity index (χ0v) is 11.6. The highest BCUT2D eigenvalue weighted by Gasteiger charge is 2.05. The van der Waals surface area contributed by atoms with Crippen LogP contribution in [-0.4, -0.2) is 25.0 Å². The van der Waals surface area contributed by atoms with E-state index in [4.69, 9.17) is 5.73 Å². The SMILES string of the molecule is CN(C)c1ccc(NC(=O)Cc2cccc(N)c2)cn1. The van der Waals surface area contributed by atoms with E-state index in [2.05, 4.69) is 10.3 Å². The molecule has 2 rings (SSSR count). The fourth-order valence-electron chi connectivity index (χ4n) is 1.82. The van der Waals surface area contributed by atoms with Crippen LogP contribution in [0.3, 0.4) is 0 Å². The predicted octanol–water partition coefficient (Wildman–Crippen LogP) is 1.91. The molecule has 0 fully saturated rings. The number of pyridine rings is 1. The summed E-state index contributed by atoms with van der Waals surface area (Å²) in [6.07, 6.45) is 1.94. The number of amides is 1. The summed E-state index contributed by atoms with van der Waals surface area (Å²) < 4.78 is 0. The number of benzene rings is 1. The second-order valence-electron chi connectivity index (χ2n) is 4.77. The third-order valence-electron chi connectivity index (χ3n) is 2.81. The van der Waals surface area contributed by atoms with Crippen molar-refractivity contribution < 1.29 is 4.79 Å². The number of carbonyl (C=O) groups is 1. The van der Waals surface area contributed by atoms with E-state index in [1.807, 2.05) is 43.3 Å². The summed E-state index contributed by atoms with van der Waals surface area (Å²) in [5, 5.41) is 2.82. The number of nitrogens with two attached hydrogens (primary N) is 1. The first-order valence-corrected chi connectivity index (χ1v) is 6.32. The molecule has 1 heterocycles. The van der Waals surface area contributed by atoms with E-state index in [-0.39, 0.29) is 5.91 Å². The normalized spacial score (nSPS) is 10.1. The van der Waals surface area contributed by atoms with Gasteiger partial charge in [0.1, 0.15) is 5.82 Å². The molecule has 0 aliphatic carbocycles. The summed E-state index contributed by atoms with van der Waals surface area (Å²) in [6, 6.07) is 11.0. The third-order valence-corrected chi connectivity index (χ3v) is 2.81. The van der Waals surface area contributed by atoms with Crippen LogP contribution in [0.2, 0.25) is 0 Å². The Bertz CT molecular complexity index is 593. The number of carbonyl (C=O) groups excluding carboxylic acids is 1. The lowest BCUT2D eigenvalue weighted by Gasteiger charge is -2.11. The Hall–Kier alpha value is -2.56. The largest absolute Gasteiger partial charge is 0.399 e. The predicted molar refractivity (Wildman–Crippen MR) is 81.8 cm³/mol. The summed E-state index contributed by atoms with van der Waals surface area (Å²) in [5.74, 6) is 0.758. The number of nitrogens with one attached hydrogen (secondary N) is 1. The standard InChI is InChI=1S/C15H18N4O/c1-19(2)14-7-6-13(10-17-14)18-15(20)9-11-4-3-5-12(16)8-11/h3-8,10H,9,16H2,1-2H3,(H,18,20). The maximum absolute atomic E-state index is 11.9. The highest BCUT2D eigenvalue weighted by Crippen LogP contribution is 2.13. The van der Waals surface area contributed by atoms with Crippen LogP contribution in [-0.2, 0) is 11.2 Å². The van der Waals surface area contributed by atoms with Gasteiger partial charge in [-0.2, -0.15) is 0 Å². The number of anilines is 3. The summed E-state index contributed by atoms with van der Waals surface area (Å²) in [7, 11) is 3.83. The van der Waals surface area contributed by atoms with Crippen molar-refractivity contribution in [1.29, 1.82) is 0 Å². The molecule has 104 valence electrons. The van der Waals surface area contributed by atoms with E-state index in [1.54, 1.807) is 18.3 Å². The molecule has 1 aromatic carbocycles. The minimum absolute atomic E-state index is 0.0880. The molecule has 2 aromatic rings. The fourth-order valence-corrected chi connectivity index (χ4v) is 1.82. The van der Waals surface area contributed by atoms with Crippen LogP contribution in [0.5, 0.6) is 0 Å². The van der Waals surface area contributed by atoms with Gasteiger partial charge in [0.2, 0.25) is 5.91 Å². The van der Waals surface area contributed by atoms with Gasteiger partial charge in [-0.25, -0.2) is 4.98 Å². The highest BCUT2D eigenvalue weighted by molar-refractivity contribution is 5.92. The third kappa shape index (κ3) is 3.71. The molecule has 0 spiro atoms. The molecule has 1 aromatic heterocycles. The smallest absolute Gasteiger partial charge is 0.228 e. The van der Waals surface area contributed by atoms with Gasteiger partial charge in [0, 0.05) is 19.8 Å². The van der Waals surface area contributed by atoms with E-state index >= 15 is 0 Å². The first-order valence-electron chi connectivity index (χ1n) is 6.32. The first-order chi connectivity index (χ1) is 9.54. The van der Waals surface area contributed by atoms with Crippen molar-refractivity contribution in [3.8, 4) is 0 Å². The second kappa shape index (κ2) is 6.06. The monoisotopic (exact) mass is 270 g/mol. The minimum atomic E-state index is -0.0880. The van der Waals surface area contributed by atoms with Crippen LogP contribution < -0.4 is 16.0 Å². The lowest BCUT2D eigenvalue weighted by atomic mass is 10.1. The molecule has 0 saturated heterocycles. The van der Waals surface area contributed by atoms with Crippen molar-refractivity contribution >= 4 is 23.1 Å². The van der Waals surface area contributed by atoms with E-state index in [1.165, 1.54) is 0 Å². The van der Waals surface area contributed by atoms with Crippen LogP contribution in [0.25, 0.3) is 0 Å². The van der Waals surface area contributed by atoms with Crippen LogP contribution in [0.1, 0.15) is 5.56 Å². The van der Waals surface area contributed by atoms with Crippen molar-refractivity contribution in [1.82, 2.24) is 4.98 Å². The second-order valence-corrected chi connectivity index (χ2v) is 4.77. The van der Waals surface area contributed by atoms with Gasteiger partial charge in [0.05, 0.1) is 18.3 Å². The van der Waals surface area contributed by atoms with E-state index in [0.29, 0.717) is 17.8 Å². The van der Waals surface area contributed by atoms with E-state index < -0.39 is 0 Å². The quantitative estimate of drug-likeness (QED) is 0.833. The van der Waals surface area contributed by atoms with Crippen LogP contribution >= 0.6 is 0 Å². The van der Waals surface area contributed by atoms with E-state index in [0.717, 1.165) is 11.4 Å². The van der Waals surface area contributed by atoms with Crippen LogP contribution in [0.4, 0.5) is 17.2 Å². The van der Waals surface area contributed by atoms with Gasteiger partial charge in [0.15, 0.2) is 0 Å². The molecule has 0 aliphatic heterocycles. The lowest BCUT2D eigenvalue weighted by Crippen LogP contribution is -2.15. The van der Waals surface area contributed by atoms with Gasteiger partial charge in [-0.3, -0.25) is 4.79 Å². The summed E-state index contributed by atoms with van der Waals surface area (Å²) in [6.45, 7) is 0. The average Bonchev–Trinajstić information content (AvgIpc) is 2.39. The van der Waals surface area contributed by atoms with Gasteiger partial charge in [-0.05, 0) is 29.8 Å². The number of aromatic nitrogens is 1. The Kier molecular flexibility index (Phi) is 4.20. The minimum Gasteiger partial charge on any atom is -0.399 e. The number of nitrogen functional groups attached to an aromatic ring is 1. The lowest BCUT2D eigenvalue weighted by molar-refractivity contribution is -0.115. The number of hydrogen-bond donors (Lipinski definition) is 2. The van der Waals surface area contributed by atoms with Gasteiger partial charge < -0.3 is 16.0 Å². The van der Waals surface area contributed by atoms with Crippen LogP contribution in [0.15, 0.2) is 42.6 Å². The van der Waals surface area contributed by atoms with Gasteiger partial charge in [0.25, 0.3) is 0 Å². The molecular formula is C15H18N4O. The molecule has 20 heavy (non-hydrogen) atoms. The zero-order valence-electron chi connectivity index (χ0n) is 11.6. The van der Waals surface area contributed by atoms with Gasteiger partial charge in [-0.1, -0.05) is 12.1 Å². The Labute approximate surface area is 118 Å². The molecule has 3 N–H and O–H groups in total. The maximum atomic E-state index is 11.9. The molecule has 0 saturated carbocycles. The molecule has 0 bridgehead atoms. The molecule has 0 aliphatic rings. The molecular weight excluding hydrogens is 252 g/mol. The van der Waals surface area contributed by atoms with Crippen LogP contribution in [0, 0.1) is 0 Å². The van der Waals surface area contributed by atoms with Gasteiger partial charge >= 0.3 is 0 Å². The first kappa shape index (κ1) is 13.9. The molecule has 5 nitrogen and oxygen atoms in total. The number of nitrogens with zero attached hydrogens (tertiary/aromatic N) is 2. The fraction of sp³-hybridized carbons (Fsp3) is 0.200. The van der Waals surface area contributed by atoms with Crippen molar-refractivity contribution in [2.24, 2.45) is 0 Å². The molecule has 0 unspecified atom stereocenters. The molecule has 5 heteroatoms. The summed E-state index contributed by atoms with van der Waals surface area (Å²) in [4.78, 5) is 18.1. The Morgan fingerprint density at radius 3 is 2.70 bits per heavy atom. The Morgan fingerprint density at radius 1 is 1.30 bits per heavy atom. The van der Waals surface area contributed by atoms with Crippen molar-refractivity contribution in [2.45, 2.75) is 6.42 Å². The summed E-state index contributed by atoms with van der Waals surface area (Å²) in [5.41, 5.74) is 7.92.